The molecule has 3 aromatic rings. The van der Waals surface area contributed by atoms with E-state index in [0.29, 0.717) is 17.6 Å². The molecule has 4 N–H and O–H groups in total. The molecule has 1 aliphatic rings. The van der Waals surface area contributed by atoms with E-state index in [9.17, 15) is 4.79 Å². The van der Waals surface area contributed by atoms with Gasteiger partial charge in [0.15, 0.2) is 0 Å². The van der Waals surface area contributed by atoms with Crippen LogP contribution in [0.1, 0.15) is 5.56 Å². The molecule has 2 aromatic heterocycles. The maximum atomic E-state index is 12.2. The minimum Gasteiger partial charge on any atom is -0.369 e. The Hall–Kier alpha value is -2.51. The van der Waals surface area contributed by atoms with Crippen LogP contribution < -0.4 is 16.2 Å². The second-order valence-electron chi connectivity index (χ2n) is 6.23. The minimum absolute atomic E-state index is 0.126. The molecule has 0 saturated carbocycles. The molecule has 4 rings (SSSR count). The highest BCUT2D eigenvalue weighted by Gasteiger charge is 2.19. The molecule has 0 bridgehead atoms. The van der Waals surface area contributed by atoms with Gasteiger partial charge in [-0.15, -0.1) is 0 Å². The fraction of sp³-hybridized carbons (Fsp3) is 0.294. The van der Waals surface area contributed by atoms with Crippen LogP contribution in [0.25, 0.3) is 11.0 Å². The molecule has 1 aromatic carbocycles. The predicted octanol–water partition coefficient (Wildman–Crippen LogP) is 1.81. The fourth-order valence-corrected chi connectivity index (χ4v) is 3.51. The van der Waals surface area contributed by atoms with E-state index in [1.54, 1.807) is 0 Å². The van der Waals surface area contributed by atoms with Crippen molar-refractivity contribution in [3.8, 4) is 0 Å². The lowest BCUT2D eigenvalue weighted by Crippen LogP contribution is -2.46. The number of nitrogens with one attached hydrogen (secondary N) is 2. The highest BCUT2D eigenvalue weighted by molar-refractivity contribution is 6.30. The number of benzene rings is 1. The second-order valence-corrected chi connectivity index (χ2v) is 6.67. The van der Waals surface area contributed by atoms with Crippen LogP contribution in [0.3, 0.4) is 0 Å². The number of halogens is 1. The van der Waals surface area contributed by atoms with Crippen molar-refractivity contribution in [2.24, 2.45) is 0 Å². The summed E-state index contributed by atoms with van der Waals surface area (Å²) in [5, 5.41) is 1.34. The van der Waals surface area contributed by atoms with E-state index in [4.69, 9.17) is 17.3 Å². The van der Waals surface area contributed by atoms with Crippen molar-refractivity contribution in [2.45, 2.75) is 6.54 Å². The maximum absolute atomic E-state index is 12.2. The second kappa shape index (κ2) is 6.42. The van der Waals surface area contributed by atoms with E-state index in [0.717, 1.165) is 42.5 Å². The standard InChI is InChI=1S/C17H19ClN6O/c18-12-2-1-3-13(8-12)24-6-4-23(5-7-24)10-11-9-20-15-14(11)16(25)22-17(19)21-15/h1-3,8-9H,4-7,10H2,(H4,19,20,21,22,25). The van der Waals surface area contributed by atoms with Gasteiger partial charge in [-0.25, -0.2) is 0 Å². The van der Waals surface area contributed by atoms with Crippen LogP contribution in [-0.4, -0.2) is 46.0 Å². The van der Waals surface area contributed by atoms with Gasteiger partial charge in [-0.05, 0) is 23.8 Å². The molecule has 0 radical (unpaired) electrons. The first-order chi connectivity index (χ1) is 12.1. The summed E-state index contributed by atoms with van der Waals surface area (Å²) in [6.45, 7) is 4.38. The monoisotopic (exact) mass is 358 g/mol. The predicted molar refractivity (Wildman–Crippen MR) is 100 cm³/mol. The van der Waals surface area contributed by atoms with Crippen molar-refractivity contribution in [1.29, 1.82) is 0 Å². The van der Waals surface area contributed by atoms with E-state index in [1.165, 1.54) is 0 Å². The zero-order valence-electron chi connectivity index (χ0n) is 13.6. The number of rotatable bonds is 3. The van der Waals surface area contributed by atoms with Gasteiger partial charge in [0.1, 0.15) is 5.65 Å². The normalized spacial score (nSPS) is 15.8. The Kier molecular flexibility index (Phi) is 4.10. The molecule has 8 heteroatoms. The molecule has 0 unspecified atom stereocenters. The summed E-state index contributed by atoms with van der Waals surface area (Å²) in [5.41, 5.74) is 8.02. The molecule has 0 atom stereocenters. The van der Waals surface area contributed by atoms with Crippen molar-refractivity contribution in [3.63, 3.8) is 0 Å². The third-order valence-electron chi connectivity index (χ3n) is 4.58. The Morgan fingerprint density at radius 2 is 2.04 bits per heavy atom. The van der Waals surface area contributed by atoms with Gasteiger partial charge in [-0.1, -0.05) is 17.7 Å². The highest BCUT2D eigenvalue weighted by atomic mass is 35.5. The Bertz CT molecular complexity index is 957. The number of nitrogens with zero attached hydrogens (tertiary/aromatic N) is 3. The topological polar surface area (TPSA) is 94.0 Å². The number of nitrogen functional groups attached to an aromatic ring is 1. The number of nitrogens with two attached hydrogens (primary N) is 1. The molecular formula is C17H19ClN6O. The van der Waals surface area contributed by atoms with Crippen molar-refractivity contribution < 1.29 is 0 Å². The molecule has 25 heavy (non-hydrogen) atoms. The average molecular weight is 359 g/mol. The molecular weight excluding hydrogens is 340 g/mol. The fourth-order valence-electron chi connectivity index (χ4n) is 3.32. The summed E-state index contributed by atoms with van der Waals surface area (Å²) in [6.07, 6.45) is 1.84. The van der Waals surface area contributed by atoms with E-state index in [2.05, 4.69) is 30.8 Å². The summed E-state index contributed by atoms with van der Waals surface area (Å²) in [5.74, 6) is 0.126. The lowest BCUT2D eigenvalue weighted by atomic mass is 10.2. The third-order valence-corrected chi connectivity index (χ3v) is 4.82. The maximum Gasteiger partial charge on any atom is 0.262 e. The van der Waals surface area contributed by atoms with Gasteiger partial charge >= 0.3 is 0 Å². The van der Waals surface area contributed by atoms with Crippen molar-refractivity contribution in [3.05, 3.63) is 51.4 Å². The van der Waals surface area contributed by atoms with Gasteiger partial charge in [-0.2, -0.15) is 4.98 Å². The van der Waals surface area contributed by atoms with Gasteiger partial charge in [0.05, 0.1) is 5.39 Å². The van der Waals surface area contributed by atoms with E-state index < -0.39 is 0 Å². The van der Waals surface area contributed by atoms with E-state index in [-0.39, 0.29) is 11.5 Å². The Morgan fingerprint density at radius 1 is 1.24 bits per heavy atom. The molecule has 1 fully saturated rings. The number of hydrogen-bond donors (Lipinski definition) is 3. The summed E-state index contributed by atoms with van der Waals surface area (Å²) in [7, 11) is 0. The first-order valence-corrected chi connectivity index (χ1v) is 8.56. The van der Waals surface area contributed by atoms with Gasteiger partial charge in [0.25, 0.3) is 5.56 Å². The van der Waals surface area contributed by atoms with Crippen LogP contribution in [0, 0.1) is 0 Å². The molecule has 7 nitrogen and oxygen atoms in total. The lowest BCUT2D eigenvalue weighted by Gasteiger charge is -2.36. The van der Waals surface area contributed by atoms with Crippen molar-refractivity contribution in [2.75, 3.05) is 36.8 Å². The Balaban J connectivity index is 1.46. The number of aromatic amines is 2. The number of fused-ring (bicyclic) bond motifs is 1. The van der Waals surface area contributed by atoms with Crippen LogP contribution >= 0.6 is 11.6 Å². The minimum atomic E-state index is -0.198. The molecule has 130 valence electrons. The van der Waals surface area contributed by atoms with Gasteiger partial charge < -0.3 is 15.6 Å². The van der Waals surface area contributed by atoms with Crippen LogP contribution in [0.5, 0.6) is 0 Å². The summed E-state index contributed by atoms with van der Waals surface area (Å²) >= 11 is 6.08. The molecule has 1 saturated heterocycles. The molecule has 0 spiro atoms. The third kappa shape index (κ3) is 3.20. The lowest BCUT2D eigenvalue weighted by molar-refractivity contribution is 0.250. The quantitative estimate of drug-likeness (QED) is 0.664. The first-order valence-electron chi connectivity index (χ1n) is 8.19. The average Bonchev–Trinajstić information content (AvgIpc) is 2.98. The number of hydrogen-bond acceptors (Lipinski definition) is 5. The van der Waals surface area contributed by atoms with Gasteiger partial charge in [-0.3, -0.25) is 14.7 Å². The highest BCUT2D eigenvalue weighted by Crippen LogP contribution is 2.22. The van der Waals surface area contributed by atoms with E-state index >= 15 is 0 Å². The molecule has 1 aliphatic heterocycles. The van der Waals surface area contributed by atoms with Gasteiger partial charge in [0.2, 0.25) is 5.95 Å². The largest absolute Gasteiger partial charge is 0.369 e. The van der Waals surface area contributed by atoms with Crippen LogP contribution in [0.4, 0.5) is 11.6 Å². The molecule has 3 heterocycles. The number of anilines is 2. The van der Waals surface area contributed by atoms with Crippen LogP contribution in [0.2, 0.25) is 5.02 Å². The van der Waals surface area contributed by atoms with Crippen LogP contribution in [0.15, 0.2) is 35.3 Å². The van der Waals surface area contributed by atoms with Crippen molar-refractivity contribution >= 4 is 34.3 Å². The summed E-state index contributed by atoms with van der Waals surface area (Å²) in [6, 6.07) is 7.93. The number of piperazine rings is 1. The molecule has 0 amide bonds. The van der Waals surface area contributed by atoms with Crippen molar-refractivity contribution in [1.82, 2.24) is 19.9 Å². The molecule has 0 aliphatic carbocycles. The van der Waals surface area contributed by atoms with Gasteiger partial charge in [0, 0.05) is 49.6 Å². The first kappa shape index (κ1) is 16.0. The Morgan fingerprint density at radius 3 is 2.80 bits per heavy atom. The van der Waals surface area contributed by atoms with Crippen LogP contribution in [-0.2, 0) is 6.54 Å². The number of aromatic nitrogens is 3. The zero-order valence-corrected chi connectivity index (χ0v) is 14.4. The SMILES string of the molecule is Nc1nc2[nH]cc(CN3CCN(c4cccc(Cl)c4)CC3)c2c(=O)[nH]1. The smallest absolute Gasteiger partial charge is 0.262 e. The number of H-pyrrole nitrogens is 2. The Labute approximate surface area is 149 Å². The zero-order chi connectivity index (χ0) is 17.4. The summed E-state index contributed by atoms with van der Waals surface area (Å²) < 4.78 is 0. The van der Waals surface area contributed by atoms with E-state index in [1.807, 2.05) is 24.4 Å². The summed E-state index contributed by atoms with van der Waals surface area (Å²) in [4.78, 5) is 26.6.